The third-order valence-corrected chi connectivity index (χ3v) is 5.24. The topological polar surface area (TPSA) is 45.7 Å². The molecule has 2 aliphatic heterocycles. The van der Waals surface area contributed by atoms with E-state index in [9.17, 15) is 13.6 Å². The molecule has 0 saturated carbocycles. The first-order valence-electron chi connectivity index (χ1n) is 8.81. The fourth-order valence-corrected chi connectivity index (χ4v) is 3.53. The average molecular weight is 361 g/mol. The van der Waals surface area contributed by atoms with E-state index in [1.54, 1.807) is 12.0 Å². The largest absolute Gasteiger partial charge is 0.497 e. The molecule has 2 aliphatic rings. The van der Waals surface area contributed by atoms with Gasteiger partial charge >= 0.3 is 0 Å². The van der Waals surface area contributed by atoms with Crippen LogP contribution in [0.25, 0.3) is 10.9 Å². The molecule has 0 aliphatic carbocycles. The highest BCUT2D eigenvalue weighted by Crippen LogP contribution is 2.31. The van der Waals surface area contributed by atoms with Crippen LogP contribution in [0.2, 0.25) is 0 Å². The number of alkyl halides is 2. The quantitative estimate of drug-likeness (QED) is 0.843. The van der Waals surface area contributed by atoms with Crippen molar-refractivity contribution in [1.82, 2.24) is 9.88 Å². The minimum atomic E-state index is -2.62. The van der Waals surface area contributed by atoms with Crippen LogP contribution in [-0.2, 0) is 4.79 Å². The van der Waals surface area contributed by atoms with Crippen molar-refractivity contribution in [1.29, 1.82) is 0 Å². The summed E-state index contributed by atoms with van der Waals surface area (Å²) in [5.74, 6) is -1.15. The maximum Gasteiger partial charge on any atom is 0.251 e. The van der Waals surface area contributed by atoms with Gasteiger partial charge in [0.25, 0.3) is 5.92 Å². The molecule has 1 aromatic heterocycles. The van der Waals surface area contributed by atoms with Gasteiger partial charge in [-0.25, -0.2) is 13.8 Å². The number of fused-ring (bicyclic) bond motifs is 1. The number of hydrogen-bond acceptors (Lipinski definition) is 4. The van der Waals surface area contributed by atoms with Crippen LogP contribution < -0.4 is 9.64 Å². The van der Waals surface area contributed by atoms with E-state index in [2.05, 4.69) is 4.98 Å². The Hall–Kier alpha value is -2.44. The van der Waals surface area contributed by atoms with Crippen LogP contribution in [0.5, 0.6) is 5.75 Å². The third-order valence-electron chi connectivity index (χ3n) is 5.24. The van der Waals surface area contributed by atoms with E-state index >= 15 is 0 Å². The summed E-state index contributed by atoms with van der Waals surface area (Å²) in [6.45, 7) is 1.47. The number of anilines is 1. The molecule has 0 unspecified atom stereocenters. The number of nitrogens with zero attached hydrogens (tertiary/aromatic N) is 3. The molecule has 0 spiro atoms. The second-order valence-corrected chi connectivity index (χ2v) is 7.01. The number of aromatic nitrogens is 1. The van der Waals surface area contributed by atoms with Gasteiger partial charge in [0.15, 0.2) is 0 Å². The van der Waals surface area contributed by atoms with Gasteiger partial charge in [-0.1, -0.05) is 0 Å². The van der Waals surface area contributed by atoms with Crippen LogP contribution in [0.3, 0.4) is 0 Å². The monoisotopic (exact) mass is 361 g/mol. The van der Waals surface area contributed by atoms with Gasteiger partial charge in [0.05, 0.1) is 18.5 Å². The summed E-state index contributed by atoms with van der Waals surface area (Å²) in [5, 5.41) is 0.996. The first kappa shape index (κ1) is 17.0. The highest BCUT2D eigenvalue weighted by Gasteiger charge is 2.40. The molecule has 1 aromatic carbocycles. The Morgan fingerprint density at radius 1 is 1.19 bits per heavy atom. The summed E-state index contributed by atoms with van der Waals surface area (Å²) in [6, 6.07) is 9.63. The lowest BCUT2D eigenvalue weighted by atomic mass is 9.96. The number of benzene rings is 1. The first-order chi connectivity index (χ1) is 12.4. The second-order valence-electron chi connectivity index (χ2n) is 7.01. The molecule has 5 nitrogen and oxygen atoms in total. The van der Waals surface area contributed by atoms with E-state index < -0.39 is 5.92 Å². The van der Waals surface area contributed by atoms with Crippen LogP contribution in [-0.4, -0.2) is 55.0 Å². The van der Waals surface area contributed by atoms with Crippen molar-refractivity contribution in [2.24, 2.45) is 5.92 Å². The lowest BCUT2D eigenvalue weighted by molar-refractivity contribution is -0.142. The number of amides is 1. The number of hydrogen-bond donors (Lipinski definition) is 0. The van der Waals surface area contributed by atoms with Gasteiger partial charge in [0.1, 0.15) is 11.6 Å². The highest BCUT2D eigenvalue weighted by atomic mass is 19.3. The molecule has 0 radical (unpaired) electrons. The molecule has 0 atom stereocenters. The fraction of sp³-hybridized carbons (Fsp3) is 0.474. The van der Waals surface area contributed by atoms with Gasteiger partial charge in [0, 0.05) is 44.4 Å². The van der Waals surface area contributed by atoms with E-state index in [4.69, 9.17) is 4.74 Å². The van der Waals surface area contributed by atoms with Crippen LogP contribution in [0.15, 0.2) is 30.3 Å². The summed E-state index contributed by atoms with van der Waals surface area (Å²) in [4.78, 5) is 20.7. The summed E-state index contributed by atoms with van der Waals surface area (Å²) >= 11 is 0. The van der Waals surface area contributed by atoms with E-state index in [1.165, 1.54) is 0 Å². The molecule has 138 valence electrons. The van der Waals surface area contributed by atoms with Crippen LogP contribution >= 0.6 is 0 Å². The maximum atomic E-state index is 13.2. The maximum absolute atomic E-state index is 13.2. The number of rotatable bonds is 3. The van der Waals surface area contributed by atoms with Gasteiger partial charge in [-0.3, -0.25) is 4.79 Å². The van der Waals surface area contributed by atoms with Gasteiger partial charge in [-0.05, 0) is 30.3 Å². The van der Waals surface area contributed by atoms with Crippen molar-refractivity contribution < 1.29 is 18.3 Å². The Bertz CT molecular complexity index is 827. The molecular formula is C19H21F2N3O2. The molecule has 0 N–H and O–H groups in total. The third kappa shape index (κ3) is 3.18. The number of pyridine rings is 1. The Morgan fingerprint density at radius 3 is 2.62 bits per heavy atom. The zero-order chi connectivity index (χ0) is 18.3. The Kier molecular flexibility index (Phi) is 4.17. The van der Waals surface area contributed by atoms with Crippen molar-refractivity contribution in [2.75, 3.05) is 38.2 Å². The molecule has 7 heteroatoms. The van der Waals surface area contributed by atoms with Gasteiger partial charge in [0.2, 0.25) is 5.91 Å². The number of piperidine rings is 1. The minimum Gasteiger partial charge on any atom is -0.497 e. The predicted molar refractivity (Wildman–Crippen MR) is 94.8 cm³/mol. The van der Waals surface area contributed by atoms with Gasteiger partial charge in [-0.2, -0.15) is 0 Å². The van der Waals surface area contributed by atoms with E-state index in [1.807, 2.05) is 35.2 Å². The predicted octanol–water partition coefficient (Wildman–Crippen LogP) is 2.94. The number of methoxy groups -OCH3 is 1. The summed E-state index contributed by atoms with van der Waals surface area (Å²) in [6.07, 6.45) is -0.463. The number of ether oxygens (including phenoxy) is 1. The molecule has 2 saturated heterocycles. The number of carbonyl (C=O) groups excluding carboxylic acids is 1. The van der Waals surface area contributed by atoms with Crippen molar-refractivity contribution >= 4 is 22.6 Å². The molecule has 1 amide bonds. The Labute approximate surface area is 150 Å². The average Bonchev–Trinajstić information content (AvgIpc) is 2.59. The molecule has 4 rings (SSSR count). The molecule has 26 heavy (non-hydrogen) atoms. The lowest BCUT2D eigenvalue weighted by Gasteiger charge is -2.42. The molecule has 2 fully saturated rings. The number of likely N-dealkylation sites (tertiary alicyclic amines) is 1. The molecule has 3 heterocycles. The van der Waals surface area contributed by atoms with Crippen LogP contribution in [0.4, 0.5) is 14.6 Å². The summed E-state index contributed by atoms with van der Waals surface area (Å²) < 4.78 is 31.7. The zero-order valence-electron chi connectivity index (χ0n) is 14.6. The van der Waals surface area contributed by atoms with Crippen molar-refractivity contribution in [2.45, 2.75) is 18.8 Å². The first-order valence-corrected chi connectivity index (χ1v) is 8.81. The minimum absolute atomic E-state index is 0.0118. The van der Waals surface area contributed by atoms with Crippen molar-refractivity contribution in [3.63, 3.8) is 0 Å². The van der Waals surface area contributed by atoms with E-state index in [-0.39, 0.29) is 37.8 Å². The van der Waals surface area contributed by atoms with Crippen molar-refractivity contribution in [3.8, 4) is 5.75 Å². The standard InChI is InChI=1S/C19H21F2N3O2/c1-26-15-3-4-16-13(10-15)2-5-17(22-16)24-11-14(12-24)18(25)23-8-6-19(20,21)7-9-23/h2-5,10,14H,6-9,11-12H2,1H3. The summed E-state index contributed by atoms with van der Waals surface area (Å²) in [5.41, 5.74) is 0.872. The number of halogens is 2. The summed E-state index contributed by atoms with van der Waals surface area (Å²) in [7, 11) is 1.63. The van der Waals surface area contributed by atoms with Crippen LogP contribution in [0.1, 0.15) is 12.8 Å². The van der Waals surface area contributed by atoms with Crippen LogP contribution in [0, 0.1) is 5.92 Å². The van der Waals surface area contributed by atoms with E-state index in [0.29, 0.717) is 13.1 Å². The normalized spacial score (nSPS) is 20.1. The lowest BCUT2D eigenvalue weighted by Crippen LogP contribution is -2.56. The zero-order valence-corrected chi connectivity index (χ0v) is 14.6. The second kappa shape index (κ2) is 6.37. The molecule has 2 aromatic rings. The molecular weight excluding hydrogens is 340 g/mol. The fourth-order valence-electron chi connectivity index (χ4n) is 3.53. The van der Waals surface area contributed by atoms with Gasteiger partial charge < -0.3 is 14.5 Å². The molecule has 0 bridgehead atoms. The van der Waals surface area contributed by atoms with Crippen molar-refractivity contribution in [3.05, 3.63) is 30.3 Å². The Morgan fingerprint density at radius 2 is 1.92 bits per heavy atom. The van der Waals surface area contributed by atoms with Gasteiger partial charge in [-0.15, -0.1) is 0 Å². The highest BCUT2D eigenvalue weighted by molar-refractivity contribution is 5.84. The number of carbonyl (C=O) groups is 1. The Balaban J connectivity index is 1.38. The smallest absolute Gasteiger partial charge is 0.251 e. The SMILES string of the molecule is COc1ccc2nc(N3CC(C(=O)N4CCC(F)(F)CC4)C3)ccc2c1. The van der Waals surface area contributed by atoms with E-state index in [0.717, 1.165) is 22.5 Å².